The van der Waals surface area contributed by atoms with Gasteiger partial charge in [-0.05, 0) is 6.92 Å². The highest BCUT2D eigenvalue weighted by Gasteiger charge is 2.62. The highest BCUT2D eigenvalue weighted by molar-refractivity contribution is 5.75. The molecule has 10 saturated heterocycles. The fraction of sp³-hybridized carbons (Fsp3) is 0.929. The molecule has 0 radical (unpaired) electrons. The minimum absolute atomic E-state index is 0.854. The van der Waals surface area contributed by atoms with Gasteiger partial charge in [-0.15, -0.1) is 0 Å². The molecule has 5 amide bonds. The Bertz CT molecular complexity index is 3420. The Morgan fingerprint density at radius 1 is 0.224 bits per heavy atom. The van der Waals surface area contributed by atoms with E-state index in [0.29, 0.717) is 0 Å². The maximum atomic E-state index is 13.3. The lowest BCUT2D eigenvalue weighted by molar-refractivity contribution is -0.405. The Labute approximate surface area is 708 Å². The average molecular weight is 1830 g/mol. The number of carbonyl (C=O) groups is 5. The largest absolute Gasteiger partial charge is 0.394 e. The molecule has 1 unspecified atom stereocenters. The normalized spacial score (nSPS) is 48.7. The summed E-state index contributed by atoms with van der Waals surface area (Å²) in [5.41, 5.74) is 0. The molecule has 125 heavy (non-hydrogen) atoms. The van der Waals surface area contributed by atoms with Crippen molar-refractivity contribution in [3.05, 3.63) is 0 Å². The van der Waals surface area contributed by atoms with E-state index >= 15 is 0 Å². The molecule has 10 aliphatic rings. The van der Waals surface area contributed by atoms with Crippen LogP contribution in [-0.4, -0.2) is 529 Å². The standard InChI is InChI=1S/C70H117N5O50/c1-16-36(88)47(99)50(102)66(109-16)107-15-30-57(44(96)31(61(106)110-30)71-17(2)83)120-64-34(74-20(5)86)45(97)55(27(12-81)115-64)122-68-53(105)58(41(93)29(118-68)14-108-69-59(49(101)40(92)25(10-79)114-69)124-63-33(73-19(4)85)43(95)38(90)23(8-77)112-63)123-70-60(52(104)56(28(13-82)117-70)119-62-32(72-18(3)84)42(94)37(89)22(7-76)111-62)125-65-35(75-21(6)87)46(98)54(26(11-80)116-65)121-67-51(103)48(100)39(91)24(9-78)113-67/h16,22-70,76-82,88-106H,7-15H2,1-6H3,(H,71,83)(H,72,84)(H,73,85)(H,74,86)(H,75,87)/t16-,22+,23+,24+,25+,26+,27+,28+,29+,30+,31+,32+,33+,34+,35+,36+,37+,38+,39-,40+,41+,42+,43+,44+,45+,46+,47+,48-,49-,50-,51+,52-,53-,54+,55+,56+,57+,58-,59-,60-,61?,62-,63-,64-,65-,66+,67-,68-,69-,70+/m0/s1. The number of aliphatic hydroxyl groups is 26. The summed E-state index contributed by atoms with van der Waals surface area (Å²) in [7, 11) is 0. The molecule has 0 bridgehead atoms. The van der Waals surface area contributed by atoms with E-state index < -0.39 is 396 Å². The van der Waals surface area contributed by atoms with Gasteiger partial charge in [0.25, 0.3) is 0 Å². The van der Waals surface area contributed by atoms with Gasteiger partial charge < -0.3 is 249 Å². The Morgan fingerprint density at radius 2 is 0.504 bits per heavy atom. The maximum Gasteiger partial charge on any atom is 0.217 e. The van der Waals surface area contributed by atoms with Crippen LogP contribution < -0.4 is 26.6 Å². The summed E-state index contributed by atoms with van der Waals surface area (Å²) in [6.07, 6.45) is -94.6. The summed E-state index contributed by atoms with van der Waals surface area (Å²) < 4.78 is 114. The zero-order chi connectivity index (χ0) is 92.1. The zero-order valence-electron chi connectivity index (χ0n) is 67.7. The molecule has 50 atom stereocenters. The predicted octanol–water partition coefficient (Wildman–Crippen LogP) is -21.1. The fourth-order valence-corrected chi connectivity index (χ4v) is 16.2. The van der Waals surface area contributed by atoms with Gasteiger partial charge >= 0.3 is 0 Å². The van der Waals surface area contributed by atoms with Crippen molar-refractivity contribution in [2.24, 2.45) is 0 Å². The Balaban J connectivity index is 1.04. The molecular weight excluding hydrogens is 1710 g/mol. The minimum Gasteiger partial charge on any atom is -0.394 e. The van der Waals surface area contributed by atoms with Crippen molar-refractivity contribution in [3.8, 4) is 0 Å². The van der Waals surface area contributed by atoms with Gasteiger partial charge in [-0.25, -0.2) is 0 Å². The number of carbonyl (C=O) groups excluding carboxylic acids is 5. The highest BCUT2D eigenvalue weighted by atomic mass is 16.8. The maximum absolute atomic E-state index is 13.3. The monoisotopic (exact) mass is 1830 g/mol. The van der Waals surface area contributed by atoms with Crippen molar-refractivity contribution in [1.29, 1.82) is 0 Å². The summed E-state index contributed by atoms with van der Waals surface area (Å²) in [6, 6.07) is -9.53. The van der Waals surface area contributed by atoms with E-state index in [4.69, 9.17) is 90.0 Å². The molecule has 55 nitrogen and oxygen atoms in total. The summed E-state index contributed by atoms with van der Waals surface area (Å²) in [5.74, 6) is -4.67. The van der Waals surface area contributed by atoms with E-state index in [1.54, 1.807) is 0 Å². The fourth-order valence-electron chi connectivity index (χ4n) is 16.2. The molecule has 0 aromatic heterocycles. The van der Waals surface area contributed by atoms with E-state index in [1.807, 2.05) is 0 Å². The third-order valence-corrected chi connectivity index (χ3v) is 22.8. The van der Waals surface area contributed by atoms with Gasteiger partial charge in [0, 0.05) is 34.6 Å². The molecular formula is C70H117N5O50. The number of amides is 5. The molecule has 10 rings (SSSR count). The lowest BCUT2D eigenvalue weighted by atomic mass is 9.93. The molecule has 722 valence electrons. The number of ether oxygens (including phenoxy) is 19. The second kappa shape index (κ2) is 44.9. The van der Waals surface area contributed by atoms with Crippen LogP contribution in [0.1, 0.15) is 41.5 Å². The van der Waals surface area contributed by atoms with Crippen molar-refractivity contribution in [2.75, 3.05) is 59.5 Å². The number of nitrogens with one attached hydrogen (secondary N) is 5. The van der Waals surface area contributed by atoms with Gasteiger partial charge in [0.1, 0.15) is 238 Å². The average Bonchev–Trinajstić information content (AvgIpc) is 0.757. The van der Waals surface area contributed by atoms with Gasteiger partial charge in [0.2, 0.25) is 29.5 Å². The van der Waals surface area contributed by atoms with Gasteiger partial charge in [0.05, 0.1) is 65.6 Å². The van der Waals surface area contributed by atoms with Gasteiger partial charge in [-0.2, -0.15) is 0 Å². The molecule has 55 heteroatoms. The van der Waals surface area contributed by atoms with Crippen LogP contribution in [0.5, 0.6) is 0 Å². The lowest BCUT2D eigenvalue weighted by Gasteiger charge is -2.52. The molecule has 0 saturated carbocycles. The van der Waals surface area contributed by atoms with Crippen molar-refractivity contribution in [1.82, 2.24) is 26.6 Å². The first-order valence-electron chi connectivity index (χ1n) is 40.0. The van der Waals surface area contributed by atoms with Crippen LogP contribution >= 0.6 is 0 Å². The minimum atomic E-state index is -2.69. The van der Waals surface area contributed by atoms with E-state index in [0.717, 1.165) is 34.6 Å². The Morgan fingerprint density at radius 3 is 0.936 bits per heavy atom. The molecule has 0 aromatic rings. The number of aliphatic hydroxyl groups excluding tert-OH is 26. The lowest BCUT2D eigenvalue weighted by Crippen LogP contribution is -2.71. The highest BCUT2D eigenvalue weighted by Crippen LogP contribution is 2.41. The number of hydrogen-bond acceptors (Lipinski definition) is 50. The third kappa shape index (κ3) is 23.1. The van der Waals surface area contributed by atoms with Crippen molar-refractivity contribution in [2.45, 2.75) is 348 Å². The molecule has 0 aliphatic carbocycles. The molecule has 0 spiro atoms. The van der Waals surface area contributed by atoms with Crippen molar-refractivity contribution < 1.29 is 247 Å². The second-order valence-corrected chi connectivity index (χ2v) is 31.7. The number of hydrogen-bond donors (Lipinski definition) is 31. The molecule has 31 N–H and O–H groups in total. The summed E-state index contributed by atoms with van der Waals surface area (Å²) in [5, 5.41) is 305. The Hall–Kier alpha value is -4.45. The van der Waals surface area contributed by atoms with E-state index in [1.165, 1.54) is 6.92 Å². The molecule has 10 aliphatic heterocycles. The molecule has 0 aromatic carbocycles. The van der Waals surface area contributed by atoms with Gasteiger partial charge in [0.15, 0.2) is 62.9 Å². The molecule has 10 fully saturated rings. The van der Waals surface area contributed by atoms with Crippen LogP contribution in [0, 0.1) is 0 Å². The van der Waals surface area contributed by atoms with Gasteiger partial charge in [-0.3, -0.25) is 24.0 Å². The second-order valence-electron chi connectivity index (χ2n) is 31.7. The topological polar surface area (TPSA) is 847 Å². The molecule has 10 heterocycles. The number of rotatable bonds is 32. The quantitative estimate of drug-likeness (QED) is 0.0297. The van der Waals surface area contributed by atoms with E-state index in [-0.39, 0.29) is 0 Å². The zero-order valence-corrected chi connectivity index (χ0v) is 67.7. The SMILES string of the molecule is CC(=O)N[C@H]1[C@H](O[C@H]2[C@H](O)[C@@H](NC(C)=O)C(O)O[C@@H]2CO[C@@H]2O[C@@H](C)[C@@H](O)[C@@H](O)[C@@H]2O)O[C@H](CO)[C@@H](O[C@@H]2O[C@H](CO[C@H]3O[C@H](CO)[C@@H](O)[C@H](O)[C@@H]3O[C@@H]3O[C@H](CO)[C@@H](O)[C@H](O)[C@H]3NC(C)=O)[C@@H](O)[C@H](O[C@H]3O[C@H](CO)[C@@H](O[C@@H]4O[C@H](CO)[C@@H](O)[C@H](O)[C@H]4NC(C)=O)[C@H](O)[C@@H]3O[C@@H]3O[C@H](CO)[C@@H](O[C@@H]4O[C@H](CO)[C@H](O)[C@H](O)[C@H]4O)[C@H](O)[C@H]3NC(C)=O)[C@@H]2O)[C@@H]1O. The van der Waals surface area contributed by atoms with E-state index in [9.17, 15) is 157 Å². The van der Waals surface area contributed by atoms with Crippen LogP contribution in [0.4, 0.5) is 0 Å². The van der Waals surface area contributed by atoms with Crippen LogP contribution in [0.25, 0.3) is 0 Å². The first-order valence-corrected chi connectivity index (χ1v) is 40.0. The van der Waals surface area contributed by atoms with E-state index in [2.05, 4.69) is 26.6 Å². The summed E-state index contributed by atoms with van der Waals surface area (Å²) >= 11 is 0. The Kier molecular flexibility index (Phi) is 36.8. The van der Waals surface area contributed by atoms with Crippen LogP contribution in [0.2, 0.25) is 0 Å². The summed E-state index contributed by atoms with van der Waals surface area (Å²) in [6.45, 7) is -4.13. The van der Waals surface area contributed by atoms with Crippen LogP contribution in [0.3, 0.4) is 0 Å². The van der Waals surface area contributed by atoms with Crippen molar-refractivity contribution >= 4 is 29.5 Å². The van der Waals surface area contributed by atoms with Crippen LogP contribution in [-0.2, 0) is 114 Å². The first kappa shape index (κ1) is 103. The smallest absolute Gasteiger partial charge is 0.217 e. The predicted molar refractivity (Wildman–Crippen MR) is 386 cm³/mol. The first-order chi connectivity index (χ1) is 59.1. The van der Waals surface area contributed by atoms with Crippen LogP contribution in [0.15, 0.2) is 0 Å². The van der Waals surface area contributed by atoms with Gasteiger partial charge in [-0.1, -0.05) is 0 Å². The summed E-state index contributed by atoms with van der Waals surface area (Å²) in [4.78, 5) is 64.4. The third-order valence-electron chi connectivity index (χ3n) is 22.8. The van der Waals surface area contributed by atoms with Crippen molar-refractivity contribution in [3.63, 3.8) is 0 Å².